The van der Waals surface area contributed by atoms with Crippen molar-refractivity contribution in [3.05, 3.63) is 142 Å². The van der Waals surface area contributed by atoms with Gasteiger partial charge in [0.2, 0.25) is 0 Å². The molecule has 0 aliphatic carbocycles. The van der Waals surface area contributed by atoms with Gasteiger partial charge in [0.1, 0.15) is 11.6 Å². The van der Waals surface area contributed by atoms with Crippen molar-refractivity contribution >= 4 is 31.9 Å². The van der Waals surface area contributed by atoms with Crippen LogP contribution in [0.25, 0.3) is 67.8 Å². The maximum atomic E-state index is 5.13. The van der Waals surface area contributed by atoms with Crippen molar-refractivity contribution in [3.8, 4) is 67.8 Å². The summed E-state index contributed by atoms with van der Waals surface area (Å²) in [7, 11) is 0. The first-order valence-corrected chi connectivity index (χ1v) is 15.1. The first kappa shape index (κ1) is 26.4. The molecule has 0 aliphatic rings. The summed E-state index contributed by atoms with van der Waals surface area (Å²) in [6.45, 7) is 0. The summed E-state index contributed by atoms with van der Waals surface area (Å²) >= 11 is 7.09. The lowest BCUT2D eigenvalue weighted by Crippen LogP contribution is -1.87. The lowest BCUT2D eigenvalue weighted by atomic mass is 10.00. The van der Waals surface area contributed by atoms with Gasteiger partial charge in [-0.25, -0.2) is 9.97 Å². The summed E-state index contributed by atoms with van der Waals surface area (Å²) in [4.78, 5) is 17.5. The van der Waals surface area contributed by atoms with E-state index in [9.17, 15) is 0 Å². The van der Waals surface area contributed by atoms with E-state index in [0.717, 1.165) is 76.8 Å². The third-order valence-corrected chi connectivity index (χ3v) is 8.23. The third kappa shape index (κ3) is 5.27. The fourth-order valence-electron chi connectivity index (χ4n) is 5.09. The molecule has 0 saturated carbocycles. The molecule has 0 unspecified atom stereocenters. The van der Waals surface area contributed by atoms with Crippen LogP contribution in [0, 0.1) is 0 Å². The Morgan fingerprint density at radius 2 is 0.810 bits per heavy atom. The molecule has 0 bridgehead atoms. The Morgan fingerprint density at radius 1 is 0.381 bits per heavy atom. The molecule has 4 nitrogen and oxygen atoms in total. The molecule has 0 atom stereocenters. The van der Waals surface area contributed by atoms with Gasteiger partial charge in [-0.3, -0.25) is 0 Å². The van der Waals surface area contributed by atoms with Gasteiger partial charge in [0.15, 0.2) is 0 Å². The van der Waals surface area contributed by atoms with Crippen molar-refractivity contribution in [1.29, 1.82) is 0 Å². The molecule has 0 spiro atoms. The number of hydrogen-bond donors (Lipinski definition) is 2. The molecule has 0 saturated heterocycles. The van der Waals surface area contributed by atoms with Crippen LogP contribution in [0.1, 0.15) is 0 Å². The van der Waals surface area contributed by atoms with Crippen LogP contribution >= 0.6 is 31.9 Å². The van der Waals surface area contributed by atoms with Crippen LogP contribution < -0.4 is 0 Å². The van der Waals surface area contributed by atoms with E-state index in [2.05, 4.69) is 127 Å². The van der Waals surface area contributed by atoms with Crippen molar-refractivity contribution in [3.63, 3.8) is 0 Å². The maximum absolute atomic E-state index is 5.13. The van der Waals surface area contributed by atoms with Crippen molar-refractivity contribution in [2.24, 2.45) is 0 Å². The summed E-state index contributed by atoms with van der Waals surface area (Å²) in [6, 6.07) is 45.6. The highest BCUT2D eigenvalue weighted by Crippen LogP contribution is 2.38. The van der Waals surface area contributed by atoms with Gasteiger partial charge < -0.3 is 9.97 Å². The molecule has 202 valence electrons. The van der Waals surface area contributed by atoms with Crippen LogP contribution in [0.5, 0.6) is 0 Å². The van der Waals surface area contributed by atoms with Gasteiger partial charge in [-0.2, -0.15) is 0 Å². The topological polar surface area (TPSA) is 57.4 Å². The van der Waals surface area contributed by atoms with E-state index >= 15 is 0 Å². The second-order valence-electron chi connectivity index (χ2n) is 9.94. The number of rotatable bonds is 6. The Kier molecular flexibility index (Phi) is 7.16. The minimum atomic E-state index is 0.823. The minimum absolute atomic E-state index is 0.823. The van der Waals surface area contributed by atoms with E-state index in [0.29, 0.717) is 0 Å². The predicted molar refractivity (Wildman–Crippen MR) is 179 cm³/mol. The predicted octanol–water partition coefficient (Wildman–Crippen LogP) is 10.7. The van der Waals surface area contributed by atoms with Gasteiger partial charge in [0, 0.05) is 42.3 Å². The fourth-order valence-corrected chi connectivity index (χ4v) is 5.62. The first-order valence-electron chi connectivity index (χ1n) is 13.6. The van der Waals surface area contributed by atoms with E-state index < -0.39 is 0 Å². The average molecular weight is 672 g/mol. The number of imidazole rings is 2. The highest BCUT2D eigenvalue weighted by Gasteiger charge is 2.19. The van der Waals surface area contributed by atoms with E-state index in [-0.39, 0.29) is 0 Å². The Bertz CT molecular complexity index is 1830. The van der Waals surface area contributed by atoms with Gasteiger partial charge in [0.05, 0.1) is 22.8 Å². The van der Waals surface area contributed by atoms with Crippen molar-refractivity contribution in [1.82, 2.24) is 19.9 Å². The quantitative estimate of drug-likeness (QED) is 0.185. The third-order valence-electron chi connectivity index (χ3n) is 7.18. The smallest absolute Gasteiger partial charge is 0.138 e. The molecule has 2 N–H and O–H groups in total. The largest absolute Gasteiger partial charge is 0.337 e. The molecule has 6 heteroatoms. The average Bonchev–Trinajstić information content (AvgIpc) is 3.69. The fraction of sp³-hybridized carbons (Fsp3) is 0. The molecule has 0 aliphatic heterocycles. The molecular formula is C36H24Br2N4. The van der Waals surface area contributed by atoms with Crippen LogP contribution in [0.15, 0.2) is 142 Å². The number of aromatic amines is 2. The summed E-state index contributed by atoms with van der Waals surface area (Å²) < 4.78 is 2.06. The lowest BCUT2D eigenvalue weighted by molar-refractivity contribution is 1.30. The highest BCUT2D eigenvalue weighted by atomic mass is 79.9. The lowest BCUT2D eigenvalue weighted by Gasteiger charge is -2.07. The number of nitrogens with one attached hydrogen (secondary N) is 2. The van der Waals surface area contributed by atoms with Gasteiger partial charge in [-0.05, 0) is 30.3 Å². The molecular weight excluding hydrogens is 648 g/mol. The molecule has 0 radical (unpaired) electrons. The van der Waals surface area contributed by atoms with Crippen LogP contribution in [-0.4, -0.2) is 19.9 Å². The molecule has 5 aromatic carbocycles. The van der Waals surface area contributed by atoms with Crippen molar-refractivity contribution < 1.29 is 0 Å². The van der Waals surface area contributed by atoms with Crippen LogP contribution in [-0.2, 0) is 0 Å². The Balaban J connectivity index is 1.38. The Labute approximate surface area is 260 Å². The monoisotopic (exact) mass is 670 g/mol. The van der Waals surface area contributed by atoms with Gasteiger partial charge in [0.25, 0.3) is 0 Å². The van der Waals surface area contributed by atoms with E-state index in [1.54, 1.807) is 0 Å². The summed E-state index contributed by atoms with van der Waals surface area (Å²) in [5.74, 6) is 1.65. The van der Waals surface area contributed by atoms with Crippen molar-refractivity contribution in [2.75, 3.05) is 0 Å². The van der Waals surface area contributed by atoms with Crippen molar-refractivity contribution in [2.45, 2.75) is 0 Å². The van der Waals surface area contributed by atoms with Crippen LogP contribution in [0.4, 0.5) is 0 Å². The van der Waals surface area contributed by atoms with Gasteiger partial charge in [-0.15, -0.1) is 0 Å². The van der Waals surface area contributed by atoms with Gasteiger partial charge >= 0.3 is 0 Å². The Morgan fingerprint density at radius 3 is 1.36 bits per heavy atom. The molecule has 42 heavy (non-hydrogen) atoms. The standard InChI is InChI=1S/C36H24Br2N4/c37-29-18-14-25(15-19-29)35-39-31(23-8-3-1-4-9-23)33(41-35)27-12-7-13-28(22-27)34-32(24-10-5-2-6-11-24)40-36(42-34)26-16-20-30(38)21-17-26/h1-22H,(H,39,41)(H,40,42). The molecule has 0 fully saturated rings. The zero-order valence-electron chi connectivity index (χ0n) is 22.4. The number of halogens is 2. The Hall–Kier alpha value is -4.52. The highest BCUT2D eigenvalue weighted by molar-refractivity contribution is 9.10. The molecule has 2 aromatic heterocycles. The van der Waals surface area contributed by atoms with Crippen LogP contribution in [0.2, 0.25) is 0 Å². The van der Waals surface area contributed by atoms with E-state index in [4.69, 9.17) is 9.97 Å². The summed E-state index contributed by atoms with van der Waals surface area (Å²) in [5.41, 5.74) is 9.99. The minimum Gasteiger partial charge on any atom is -0.337 e. The number of aromatic nitrogens is 4. The first-order chi connectivity index (χ1) is 20.6. The number of H-pyrrole nitrogens is 2. The van der Waals surface area contributed by atoms with Crippen LogP contribution in [0.3, 0.4) is 0 Å². The zero-order chi connectivity index (χ0) is 28.5. The number of hydrogen-bond acceptors (Lipinski definition) is 2. The summed E-state index contributed by atoms with van der Waals surface area (Å²) in [5, 5.41) is 0. The second kappa shape index (κ2) is 11.4. The zero-order valence-corrected chi connectivity index (χ0v) is 25.5. The number of benzene rings is 5. The van der Waals surface area contributed by atoms with Gasteiger partial charge in [-0.1, -0.05) is 135 Å². The van der Waals surface area contributed by atoms with E-state index in [1.165, 1.54) is 0 Å². The summed E-state index contributed by atoms with van der Waals surface area (Å²) in [6.07, 6.45) is 0. The normalized spacial score (nSPS) is 11.1. The SMILES string of the molecule is Brc1ccc(-c2nc(-c3cccc(-c4[nH]c(-c5ccc(Br)cc5)nc4-c4ccccc4)c3)c(-c3ccccc3)[nH]2)cc1. The molecule has 7 rings (SSSR count). The molecule has 2 heterocycles. The second-order valence-corrected chi connectivity index (χ2v) is 11.8. The molecule has 0 amide bonds. The number of nitrogens with zero attached hydrogens (tertiary/aromatic N) is 2. The maximum Gasteiger partial charge on any atom is 0.138 e. The van der Waals surface area contributed by atoms with E-state index in [1.807, 2.05) is 48.5 Å². The molecule has 7 aromatic rings.